The summed E-state index contributed by atoms with van der Waals surface area (Å²) in [5.74, 6) is 0.697. The third-order valence-electron chi connectivity index (χ3n) is 4.70. The van der Waals surface area contributed by atoms with Gasteiger partial charge in [0.15, 0.2) is 0 Å². The Morgan fingerprint density at radius 1 is 1.06 bits per heavy atom. The standard InChI is InChI=1S/C15H25N/c1-11-12(2)14(4)15(13(11)3)7-10-16-8-5-6-9-16/h13H,5-10H2,1-4H3. The monoisotopic (exact) mass is 219 g/mol. The van der Waals surface area contributed by atoms with Crippen LogP contribution < -0.4 is 0 Å². The van der Waals surface area contributed by atoms with Crippen LogP contribution in [0.15, 0.2) is 22.3 Å². The van der Waals surface area contributed by atoms with Crippen molar-refractivity contribution in [2.24, 2.45) is 5.92 Å². The third kappa shape index (κ3) is 2.10. The molecule has 0 spiro atoms. The smallest absolute Gasteiger partial charge is 0.00190 e. The Balaban J connectivity index is 1.95. The summed E-state index contributed by atoms with van der Waals surface area (Å²) < 4.78 is 0. The van der Waals surface area contributed by atoms with Gasteiger partial charge in [0.1, 0.15) is 0 Å². The van der Waals surface area contributed by atoms with Crippen LogP contribution in [0.3, 0.4) is 0 Å². The SMILES string of the molecule is CC1=C(C)C(C)C(CCN2CCCC2)=C1C. The topological polar surface area (TPSA) is 3.24 Å². The van der Waals surface area contributed by atoms with Crippen molar-refractivity contribution in [1.82, 2.24) is 4.90 Å². The Bertz CT molecular complexity index is 329. The van der Waals surface area contributed by atoms with E-state index in [1.165, 1.54) is 38.9 Å². The molecule has 1 aliphatic carbocycles. The number of allylic oxidation sites excluding steroid dienone is 3. The van der Waals surface area contributed by atoms with E-state index in [1.807, 2.05) is 0 Å². The summed E-state index contributed by atoms with van der Waals surface area (Å²) in [6.07, 6.45) is 4.09. The van der Waals surface area contributed by atoms with Crippen LogP contribution in [0.2, 0.25) is 0 Å². The second-order valence-corrected chi connectivity index (χ2v) is 5.48. The predicted octanol–water partition coefficient (Wildman–Crippen LogP) is 3.77. The van der Waals surface area contributed by atoms with Gasteiger partial charge < -0.3 is 4.90 Å². The zero-order valence-corrected chi connectivity index (χ0v) is 11.3. The molecule has 1 heteroatoms. The Kier molecular flexibility index (Phi) is 3.53. The minimum Gasteiger partial charge on any atom is -0.303 e. The van der Waals surface area contributed by atoms with E-state index in [1.54, 1.807) is 22.3 Å². The van der Waals surface area contributed by atoms with Crippen LogP contribution in [-0.4, -0.2) is 24.5 Å². The lowest BCUT2D eigenvalue weighted by atomic mass is 9.95. The molecular formula is C15H25N. The lowest BCUT2D eigenvalue weighted by Crippen LogP contribution is -2.21. The molecule has 1 aliphatic heterocycles. The number of hydrogen-bond acceptors (Lipinski definition) is 1. The molecule has 1 nitrogen and oxygen atoms in total. The van der Waals surface area contributed by atoms with Crippen molar-refractivity contribution < 1.29 is 0 Å². The summed E-state index contributed by atoms with van der Waals surface area (Å²) in [5, 5.41) is 0. The minimum absolute atomic E-state index is 0.697. The van der Waals surface area contributed by atoms with Gasteiger partial charge in [-0.1, -0.05) is 18.1 Å². The van der Waals surface area contributed by atoms with Crippen molar-refractivity contribution in [3.63, 3.8) is 0 Å². The predicted molar refractivity (Wildman–Crippen MR) is 70.5 cm³/mol. The van der Waals surface area contributed by atoms with Crippen LogP contribution in [0, 0.1) is 5.92 Å². The van der Waals surface area contributed by atoms with E-state index >= 15 is 0 Å². The third-order valence-corrected chi connectivity index (χ3v) is 4.70. The van der Waals surface area contributed by atoms with Gasteiger partial charge in [-0.25, -0.2) is 0 Å². The first-order chi connectivity index (χ1) is 7.61. The average molecular weight is 219 g/mol. The lowest BCUT2D eigenvalue weighted by molar-refractivity contribution is 0.340. The largest absolute Gasteiger partial charge is 0.303 e. The fourth-order valence-electron chi connectivity index (χ4n) is 3.14. The van der Waals surface area contributed by atoms with Gasteiger partial charge in [-0.05, 0) is 70.2 Å². The molecule has 90 valence electrons. The van der Waals surface area contributed by atoms with Crippen molar-refractivity contribution >= 4 is 0 Å². The fourth-order valence-corrected chi connectivity index (χ4v) is 3.14. The molecule has 0 saturated carbocycles. The van der Waals surface area contributed by atoms with Crippen LogP contribution in [0.4, 0.5) is 0 Å². The molecule has 0 amide bonds. The Morgan fingerprint density at radius 3 is 2.19 bits per heavy atom. The van der Waals surface area contributed by atoms with Crippen LogP contribution >= 0.6 is 0 Å². The molecule has 1 unspecified atom stereocenters. The van der Waals surface area contributed by atoms with Crippen LogP contribution in [0.25, 0.3) is 0 Å². The number of rotatable bonds is 3. The molecule has 0 aromatic heterocycles. The zero-order valence-electron chi connectivity index (χ0n) is 11.3. The molecule has 0 radical (unpaired) electrons. The summed E-state index contributed by atoms with van der Waals surface area (Å²) in [7, 11) is 0. The highest BCUT2D eigenvalue weighted by Gasteiger charge is 2.23. The van der Waals surface area contributed by atoms with Gasteiger partial charge in [0.05, 0.1) is 0 Å². The second kappa shape index (κ2) is 4.75. The van der Waals surface area contributed by atoms with Crippen molar-refractivity contribution in [2.45, 2.75) is 47.0 Å². The van der Waals surface area contributed by atoms with E-state index in [0.29, 0.717) is 5.92 Å². The quantitative estimate of drug-likeness (QED) is 0.698. The fraction of sp³-hybridized carbons (Fsp3) is 0.733. The highest BCUT2D eigenvalue weighted by atomic mass is 15.1. The average Bonchev–Trinajstić information content (AvgIpc) is 2.84. The van der Waals surface area contributed by atoms with Gasteiger partial charge in [-0.2, -0.15) is 0 Å². The maximum Gasteiger partial charge on any atom is 0.00190 e. The van der Waals surface area contributed by atoms with E-state index in [2.05, 4.69) is 32.6 Å². The van der Waals surface area contributed by atoms with Crippen LogP contribution in [-0.2, 0) is 0 Å². The van der Waals surface area contributed by atoms with E-state index in [4.69, 9.17) is 0 Å². The van der Waals surface area contributed by atoms with Gasteiger partial charge in [0.25, 0.3) is 0 Å². The Morgan fingerprint density at radius 2 is 1.69 bits per heavy atom. The van der Waals surface area contributed by atoms with Gasteiger partial charge in [-0.15, -0.1) is 0 Å². The number of hydrogen-bond donors (Lipinski definition) is 0. The van der Waals surface area contributed by atoms with Crippen molar-refractivity contribution in [3.05, 3.63) is 22.3 Å². The molecule has 1 atom stereocenters. The normalized spacial score (nSPS) is 27.4. The molecule has 1 heterocycles. The Labute approximate surface area is 100 Å². The van der Waals surface area contributed by atoms with Crippen molar-refractivity contribution in [1.29, 1.82) is 0 Å². The molecule has 1 fully saturated rings. The summed E-state index contributed by atoms with van der Waals surface area (Å²) in [5.41, 5.74) is 6.41. The molecule has 0 aromatic rings. The maximum absolute atomic E-state index is 2.62. The van der Waals surface area contributed by atoms with Crippen molar-refractivity contribution in [3.8, 4) is 0 Å². The summed E-state index contributed by atoms with van der Waals surface area (Å²) in [6.45, 7) is 13.2. The van der Waals surface area contributed by atoms with E-state index in [9.17, 15) is 0 Å². The molecular weight excluding hydrogens is 194 g/mol. The van der Waals surface area contributed by atoms with Gasteiger partial charge in [0.2, 0.25) is 0 Å². The highest BCUT2D eigenvalue weighted by molar-refractivity contribution is 5.46. The molecule has 2 aliphatic rings. The lowest BCUT2D eigenvalue weighted by Gasteiger charge is -2.18. The first-order valence-corrected chi connectivity index (χ1v) is 6.71. The second-order valence-electron chi connectivity index (χ2n) is 5.48. The highest BCUT2D eigenvalue weighted by Crippen LogP contribution is 2.38. The van der Waals surface area contributed by atoms with Crippen LogP contribution in [0.1, 0.15) is 47.0 Å². The summed E-state index contributed by atoms with van der Waals surface area (Å²) in [4.78, 5) is 2.62. The van der Waals surface area contributed by atoms with E-state index < -0.39 is 0 Å². The zero-order chi connectivity index (χ0) is 11.7. The minimum atomic E-state index is 0.697. The molecule has 0 aromatic carbocycles. The van der Waals surface area contributed by atoms with Crippen molar-refractivity contribution in [2.75, 3.05) is 19.6 Å². The molecule has 1 saturated heterocycles. The summed E-state index contributed by atoms with van der Waals surface area (Å²) >= 11 is 0. The Hall–Kier alpha value is -0.560. The van der Waals surface area contributed by atoms with Gasteiger partial charge >= 0.3 is 0 Å². The van der Waals surface area contributed by atoms with Crippen LogP contribution in [0.5, 0.6) is 0 Å². The maximum atomic E-state index is 2.62. The van der Waals surface area contributed by atoms with Gasteiger partial charge in [0, 0.05) is 6.54 Å². The molecule has 16 heavy (non-hydrogen) atoms. The molecule has 2 rings (SSSR count). The van der Waals surface area contributed by atoms with Gasteiger partial charge in [-0.3, -0.25) is 0 Å². The number of likely N-dealkylation sites (tertiary alicyclic amines) is 1. The molecule has 0 N–H and O–H groups in total. The van der Waals surface area contributed by atoms with E-state index in [0.717, 1.165) is 0 Å². The first kappa shape index (κ1) is 11.9. The molecule has 0 bridgehead atoms. The number of nitrogens with zero attached hydrogens (tertiary/aromatic N) is 1. The summed E-state index contributed by atoms with van der Waals surface area (Å²) in [6, 6.07) is 0. The van der Waals surface area contributed by atoms with E-state index in [-0.39, 0.29) is 0 Å². The first-order valence-electron chi connectivity index (χ1n) is 6.71.